The average molecular weight is 274 g/mol. The maximum Gasteiger partial charge on any atom is 0.185 e. The number of ketones is 1. The molecule has 98 valence electrons. The number of hydrogen-bond donors (Lipinski definition) is 0. The lowest BCUT2D eigenvalue weighted by Gasteiger charge is -2.04. The van der Waals surface area contributed by atoms with Gasteiger partial charge in [-0.15, -0.1) is 0 Å². The predicted molar refractivity (Wildman–Crippen MR) is 73.6 cm³/mol. The van der Waals surface area contributed by atoms with Crippen molar-refractivity contribution in [2.75, 3.05) is 5.75 Å². The quantitative estimate of drug-likeness (QED) is 0.840. The van der Waals surface area contributed by atoms with Crippen molar-refractivity contribution >= 4 is 15.6 Å². The van der Waals surface area contributed by atoms with Crippen LogP contribution < -0.4 is 0 Å². The molecule has 0 aliphatic heterocycles. The Balaban J connectivity index is 2.07. The predicted octanol–water partition coefficient (Wildman–Crippen LogP) is 2.27. The summed E-state index contributed by atoms with van der Waals surface area (Å²) < 4.78 is 24.0. The van der Waals surface area contributed by atoms with E-state index in [1.165, 1.54) is 12.1 Å². The van der Waals surface area contributed by atoms with E-state index in [-0.39, 0.29) is 17.1 Å². The van der Waals surface area contributed by atoms with Gasteiger partial charge < -0.3 is 0 Å². The van der Waals surface area contributed by atoms with Gasteiger partial charge in [-0.2, -0.15) is 0 Å². The molecule has 2 aromatic rings. The van der Waals surface area contributed by atoms with E-state index < -0.39 is 15.6 Å². The second-order valence-corrected chi connectivity index (χ2v) is 6.26. The third-order valence-electron chi connectivity index (χ3n) is 2.70. The van der Waals surface area contributed by atoms with E-state index in [2.05, 4.69) is 0 Å². The summed E-state index contributed by atoms with van der Waals surface area (Å²) in [6, 6.07) is 17.2. The Bertz CT molecular complexity index is 646. The van der Waals surface area contributed by atoms with Crippen molar-refractivity contribution in [3.8, 4) is 0 Å². The molecule has 0 aliphatic carbocycles. The van der Waals surface area contributed by atoms with E-state index in [1.807, 2.05) is 30.3 Å². The van der Waals surface area contributed by atoms with E-state index in [4.69, 9.17) is 0 Å². The highest BCUT2D eigenvalue weighted by Crippen LogP contribution is 2.11. The second-order valence-electron chi connectivity index (χ2n) is 4.27. The molecule has 0 saturated heterocycles. The Morgan fingerprint density at radius 1 is 0.842 bits per heavy atom. The maximum absolute atomic E-state index is 12.0. The molecule has 0 unspecified atom stereocenters. The van der Waals surface area contributed by atoms with Crippen LogP contribution in [0.25, 0.3) is 0 Å². The lowest BCUT2D eigenvalue weighted by molar-refractivity contribution is -0.116. The average Bonchev–Trinajstić information content (AvgIpc) is 2.40. The van der Waals surface area contributed by atoms with Gasteiger partial charge in [0.05, 0.1) is 4.90 Å². The van der Waals surface area contributed by atoms with E-state index >= 15 is 0 Å². The number of carbonyl (C=O) groups is 1. The lowest BCUT2D eigenvalue weighted by atomic mass is 10.1. The monoisotopic (exact) mass is 274 g/mol. The lowest BCUT2D eigenvalue weighted by Crippen LogP contribution is -2.18. The van der Waals surface area contributed by atoms with Gasteiger partial charge in [0.25, 0.3) is 0 Å². The number of Topliss-reactive ketones (excluding diaryl/α,β-unsaturated/α-hetero) is 1. The summed E-state index contributed by atoms with van der Waals surface area (Å²) >= 11 is 0. The van der Waals surface area contributed by atoms with Crippen molar-refractivity contribution in [3.63, 3.8) is 0 Å². The van der Waals surface area contributed by atoms with Gasteiger partial charge in [-0.25, -0.2) is 8.42 Å². The maximum atomic E-state index is 12.0. The number of carbonyl (C=O) groups excluding carboxylic acids is 1. The molecular formula is C15H14O3S. The Labute approximate surface area is 112 Å². The second kappa shape index (κ2) is 5.80. The van der Waals surface area contributed by atoms with Gasteiger partial charge in [0.15, 0.2) is 15.6 Å². The van der Waals surface area contributed by atoms with E-state index in [0.29, 0.717) is 0 Å². The topological polar surface area (TPSA) is 51.2 Å². The highest BCUT2D eigenvalue weighted by molar-refractivity contribution is 7.92. The highest BCUT2D eigenvalue weighted by atomic mass is 32.2. The number of sulfone groups is 1. The van der Waals surface area contributed by atoms with Crippen molar-refractivity contribution in [3.05, 3.63) is 66.2 Å². The molecule has 19 heavy (non-hydrogen) atoms. The molecule has 3 nitrogen and oxygen atoms in total. The fourth-order valence-corrected chi connectivity index (χ4v) is 3.06. The normalized spacial score (nSPS) is 11.2. The molecule has 0 bridgehead atoms. The zero-order valence-electron chi connectivity index (χ0n) is 10.3. The molecule has 0 radical (unpaired) electrons. The van der Waals surface area contributed by atoms with Crippen LogP contribution in [-0.2, 0) is 21.1 Å². The Morgan fingerprint density at radius 2 is 1.37 bits per heavy atom. The number of benzene rings is 2. The van der Waals surface area contributed by atoms with Crippen molar-refractivity contribution < 1.29 is 13.2 Å². The van der Waals surface area contributed by atoms with Crippen LogP contribution in [0.3, 0.4) is 0 Å². The summed E-state index contributed by atoms with van der Waals surface area (Å²) in [7, 11) is -3.53. The van der Waals surface area contributed by atoms with Gasteiger partial charge in [0.2, 0.25) is 0 Å². The van der Waals surface area contributed by atoms with Crippen molar-refractivity contribution in [2.45, 2.75) is 11.3 Å². The zero-order chi connectivity index (χ0) is 13.7. The standard InChI is InChI=1S/C15H14O3S/c16-14(11-13-7-3-1-4-8-13)12-19(17,18)15-9-5-2-6-10-15/h1-10H,11-12H2. The van der Waals surface area contributed by atoms with E-state index in [1.54, 1.807) is 18.2 Å². The van der Waals surface area contributed by atoms with Crippen LogP contribution in [0.2, 0.25) is 0 Å². The molecule has 2 aromatic carbocycles. The van der Waals surface area contributed by atoms with Crippen LogP contribution in [0.5, 0.6) is 0 Å². The summed E-state index contributed by atoms with van der Waals surface area (Å²) in [5, 5.41) is 0. The van der Waals surface area contributed by atoms with Crippen LogP contribution in [0.4, 0.5) is 0 Å². The fraction of sp³-hybridized carbons (Fsp3) is 0.133. The number of rotatable bonds is 5. The molecule has 0 atom stereocenters. The van der Waals surface area contributed by atoms with Crippen LogP contribution in [-0.4, -0.2) is 20.0 Å². The van der Waals surface area contributed by atoms with Crippen LogP contribution >= 0.6 is 0 Å². The minimum absolute atomic E-state index is 0.146. The third kappa shape index (κ3) is 3.76. The first-order chi connectivity index (χ1) is 9.08. The molecule has 0 saturated carbocycles. The Hall–Kier alpha value is -1.94. The van der Waals surface area contributed by atoms with Crippen LogP contribution in [0.1, 0.15) is 5.56 Å². The van der Waals surface area contributed by atoms with E-state index in [9.17, 15) is 13.2 Å². The van der Waals surface area contributed by atoms with Crippen LogP contribution in [0, 0.1) is 0 Å². The minimum Gasteiger partial charge on any atom is -0.298 e. The smallest absolute Gasteiger partial charge is 0.185 e. The van der Waals surface area contributed by atoms with Gasteiger partial charge in [0.1, 0.15) is 5.75 Å². The molecule has 4 heteroatoms. The van der Waals surface area contributed by atoms with E-state index in [0.717, 1.165) is 5.56 Å². The molecule has 0 fully saturated rings. The van der Waals surface area contributed by atoms with Gasteiger partial charge in [-0.1, -0.05) is 48.5 Å². The molecule has 2 rings (SSSR count). The van der Waals surface area contributed by atoms with Gasteiger partial charge >= 0.3 is 0 Å². The first-order valence-corrected chi connectivity index (χ1v) is 7.56. The molecule has 0 N–H and O–H groups in total. The largest absolute Gasteiger partial charge is 0.298 e. The van der Waals surface area contributed by atoms with Crippen molar-refractivity contribution in [1.29, 1.82) is 0 Å². The summed E-state index contributed by atoms with van der Waals surface area (Å²) in [5.74, 6) is -0.749. The van der Waals surface area contributed by atoms with Crippen molar-refractivity contribution in [2.24, 2.45) is 0 Å². The SMILES string of the molecule is O=C(Cc1ccccc1)CS(=O)(=O)c1ccccc1. The van der Waals surface area contributed by atoms with Crippen LogP contribution in [0.15, 0.2) is 65.6 Å². The molecule has 0 aromatic heterocycles. The fourth-order valence-electron chi connectivity index (χ4n) is 1.80. The molecule has 0 aliphatic rings. The van der Waals surface area contributed by atoms with Gasteiger partial charge in [-0.3, -0.25) is 4.79 Å². The van der Waals surface area contributed by atoms with Gasteiger partial charge in [0, 0.05) is 6.42 Å². The van der Waals surface area contributed by atoms with Crippen molar-refractivity contribution in [1.82, 2.24) is 0 Å². The Morgan fingerprint density at radius 3 is 1.95 bits per heavy atom. The highest BCUT2D eigenvalue weighted by Gasteiger charge is 2.18. The first kappa shape index (κ1) is 13.5. The number of hydrogen-bond acceptors (Lipinski definition) is 3. The summed E-state index contributed by atoms with van der Waals surface area (Å²) in [6.07, 6.45) is 0.146. The summed E-state index contributed by atoms with van der Waals surface area (Å²) in [4.78, 5) is 12.0. The molecule has 0 amide bonds. The first-order valence-electron chi connectivity index (χ1n) is 5.91. The molecule has 0 heterocycles. The summed E-state index contributed by atoms with van der Waals surface area (Å²) in [6.45, 7) is 0. The molecule has 0 spiro atoms. The Kier molecular flexibility index (Phi) is 4.12. The zero-order valence-corrected chi connectivity index (χ0v) is 11.1. The minimum atomic E-state index is -3.53. The molecular weight excluding hydrogens is 260 g/mol. The summed E-state index contributed by atoms with van der Waals surface area (Å²) in [5.41, 5.74) is 0.829. The third-order valence-corrected chi connectivity index (χ3v) is 4.39. The van der Waals surface area contributed by atoms with Gasteiger partial charge in [-0.05, 0) is 17.7 Å².